The minimum absolute atomic E-state index is 0.177. The van der Waals surface area contributed by atoms with Gasteiger partial charge in [-0.3, -0.25) is 9.78 Å². The molecule has 0 bridgehead atoms. The van der Waals surface area contributed by atoms with Crippen LogP contribution in [0.2, 0.25) is 0 Å². The van der Waals surface area contributed by atoms with E-state index in [9.17, 15) is 4.79 Å². The van der Waals surface area contributed by atoms with Gasteiger partial charge in [0.2, 0.25) is 5.91 Å². The molecule has 5 nitrogen and oxygen atoms in total. The van der Waals surface area contributed by atoms with Crippen LogP contribution in [0.5, 0.6) is 0 Å². The van der Waals surface area contributed by atoms with Crippen LogP contribution >= 0.6 is 0 Å². The SMILES string of the molecule is O=C(NCCNc1cnccn1)C1CC1. The average molecular weight is 206 g/mol. The van der Waals surface area contributed by atoms with Crippen LogP contribution in [0.1, 0.15) is 12.8 Å². The van der Waals surface area contributed by atoms with E-state index in [-0.39, 0.29) is 11.8 Å². The van der Waals surface area contributed by atoms with Crippen molar-refractivity contribution < 1.29 is 4.79 Å². The highest BCUT2D eigenvalue weighted by molar-refractivity contribution is 5.80. The third-order valence-electron chi connectivity index (χ3n) is 2.24. The van der Waals surface area contributed by atoms with E-state index in [4.69, 9.17) is 0 Å². The maximum atomic E-state index is 11.2. The molecule has 2 N–H and O–H groups in total. The molecule has 1 saturated carbocycles. The van der Waals surface area contributed by atoms with E-state index in [1.165, 1.54) is 0 Å². The first-order chi connectivity index (χ1) is 7.36. The predicted octanol–water partition coefficient (Wildman–Crippen LogP) is 0.415. The van der Waals surface area contributed by atoms with Crippen molar-refractivity contribution in [1.82, 2.24) is 15.3 Å². The first kappa shape index (κ1) is 9.89. The second-order valence-corrected chi connectivity index (χ2v) is 3.58. The summed E-state index contributed by atoms with van der Waals surface area (Å²) in [5.74, 6) is 1.19. The Labute approximate surface area is 88.3 Å². The summed E-state index contributed by atoms with van der Waals surface area (Å²) in [4.78, 5) is 19.2. The zero-order valence-corrected chi connectivity index (χ0v) is 8.44. The highest BCUT2D eigenvalue weighted by atomic mass is 16.2. The smallest absolute Gasteiger partial charge is 0.223 e. The van der Waals surface area contributed by atoms with Gasteiger partial charge >= 0.3 is 0 Å². The monoisotopic (exact) mass is 206 g/mol. The fraction of sp³-hybridized carbons (Fsp3) is 0.500. The highest BCUT2D eigenvalue weighted by Crippen LogP contribution is 2.28. The largest absolute Gasteiger partial charge is 0.367 e. The quantitative estimate of drug-likeness (QED) is 0.685. The number of amides is 1. The Morgan fingerprint density at radius 1 is 1.40 bits per heavy atom. The third-order valence-corrected chi connectivity index (χ3v) is 2.24. The van der Waals surface area contributed by atoms with Gasteiger partial charge in [-0.15, -0.1) is 0 Å². The second-order valence-electron chi connectivity index (χ2n) is 3.58. The molecular weight excluding hydrogens is 192 g/mol. The normalized spacial score (nSPS) is 14.7. The van der Waals surface area contributed by atoms with Crippen LogP contribution < -0.4 is 10.6 Å². The summed E-state index contributed by atoms with van der Waals surface area (Å²) in [7, 11) is 0. The Kier molecular flexibility index (Phi) is 3.11. The Hall–Kier alpha value is -1.65. The van der Waals surface area contributed by atoms with Crippen molar-refractivity contribution >= 4 is 11.7 Å². The Balaban J connectivity index is 1.60. The molecule has 0 aliphatic heterocycles. The van der Waals surface area contributed by atoms with Crippen LogP contribution in [0.15, 0.2) is 18.6 Å². The molecule has 1 aromatic rings. The lowest BCUT2D eigenvalue weighted by Gasteiger charge is -2.05. The number of carbonyl (C=O) groups is 1. The molecule has 0 unspecified atom stereocenters. The fourth-order valence-electron chi connectivity index (χ4n) is 1.26. The number of nitrogens with one attached hydrogen (secondary N) is 2. The summed E-state index contributed by atoms with van der Waals surface area (Å²) in [5.41, 5.74) is 0. The van der Waals surface area contributed by atoms with Gasteiger partial charge in [0.25, 0.3) is 0 Å². The summed E-state index contributed by atoms with van der Waals surface area (Å²) in [6.07, 6.45) is 7.00. The number of nitrogens with zero attached hydrogens (tertiary/aromatic N) is 2. The first-order valence-corrected chi connectivity index (χ1v) is 5.14. The molecule has 2 rings (SSSR count). The standard InChI is InChI=1S/C10H14N4O/c15-10(8-1-2-8)14-6-5-13-9-7-11-3-4-12-9/h3-4,7-8H,1-2,5-6H2,(H,12,13)(H,14,15). The number of carbonyl (C=O) groups excluding carboxylic acids is 1. The van der Waals surface area contributed by atoms with E-state index < -0.39 is 0 Å². The van der Waals surface area contributed by atoms with Crippen LogP contribution in [-0.2, 0) is 4.79 Å². The van der Waals surface area contributed by atoms with Gasteiger partial charge in [-0.1, -0.05) is 0 Å². The Morgan fingerprint density at radius 3 is 2.93 bits per heavy atom. The van der Waals surface area contributed by atoms with E-state index in [2.05, 4.69) is 20.6 Å². The minimum Gasteiger partial charge on any atom is -0.367 e. The zero-order valence-electron chi connectivity index (χ0n) is 8.44. The molecule has 1 aromatic heterocycles. The van der Waals surface area contributed by atoms with E-state index >= 15 is 0 Å². The van der Waals surface area contributed by atoms with Crippen LogP contribution in [0.25, 0.3) is 0 Å². The van der Waals surface area contributed by atoms with Crippen LogP contribution in [0, 0.1) is 5.92 Å². The van der Waals surface area contributed by atoms with Gasteiger partial charge in [-0.2, -0.15) is 0 Å². The number of anilines is 1. The molecule has 0 atom stereocenters. The molecule has 15 heavy (non-hydrogen) atoms. The molecule has 80 valence electrons. The maximum absolute atomic E-state index is 11.2. The second kappa shape index (κ2) is 4.72. The summed E-state index contributed by atoms with van der Waals surface area (Å²) in [5, 5.41) is 5.94. The Morgan fingerprint density at radius 2 is 2.27 bits per heavy atom. The molecule has 0 saturated heterocycles. The molecule has 1 fully saturated rings. The summed E-state index contributed by atoms with van der Waals surface area (Å²) in [6, 6.07) is 0. The van der Waals surface area contributed by atoms with E-state index in [0.717, 1.165) is 18.7 Å². The molecular formula is C10H14N4O. The molecule has 1 aliphatic rings. The molecule has 5 heteroatoms. The first-order valence-electron chi connectivity index (χ1n) is 5.14. The lowest BCUT2D eigenvalue weighted by molar-refractivity contribution is -0.122. The predicted molar refractivity (Wildman–Crippen MR) is 56.3 cm³/mol. The van der Waals surface area contributed by atoms with Crippen LogP contribution in [0.4, 0.5) is 5.82 Å². The summed E-state index contributed by atoms with van der Waals surface area (Å²) in [6.45, 7) is 1.31. The fourth-order valence-corrected chi connectivity index (χ4v) is 1.26. The van der Waals surface area contributed by atoms with Gasteiger partial charge in [-0.25, -0.2) is 4.98 Å². The molecule has 1 amide bonds. The molecule has 1 aliphatic carbocycles. The molecule has 0 radical (unpaired) electrons. The number of hydrogen-bond donors (Lipinski definition) is 2. The van der Waals surface area contributed by atoms with Crippen molar-refractivity contribution in [2.45, 2.75) is 12.8 Å². The van der Waals surface area contributed by atoms with Gasteiger partial charge in [0.15, 0.2) is 0 Å². The molecule has 0 spiro atoms. The summed E-state index contributed by atoms with van der Waals surface area (Å²) < 4.78 is 0. The summed E-state index contributed by atoms with van der Waals surface area (Å²) >= 11 is 0. The van der Waals surface area contributed by atoms with E-state index in [1.54, 1.807) is 18.6 Å². The van der Waals surface area contributed by atoms with Crippen molar-refractivity contribution in [3.63, 3.8) is 0 Å². The lowest BCUT2D eigenvalue weighted by atomic mass is 10.4. The highest BCUT2D eigenvalue weighted by Gasteiger charge is 2.28. The van der Waals surface area contributed by atoms with Crippen molar-refractivity contribution in [3.05, 3.63) is 18.6 Å². The topological polar surface area (TPSA) is 66.9 Å². The van der Waals surface area contributed by atoms with E-state index in [0.29, 0.717) is 13.1 Å². The number of aromatic nitrogens is 2. The minimum atomic E-state index is 0.177. The van der Waals surface area contributed by atoms with Gasteiger partial charge in [0.05, 0.1) is 6.20 Å². The number of rotatable bonds is 5. The number of hydrogen-bond acceptors (Lipinski definition) is 4. The molecule has 0 aromatic carbocycles. The third kappa shape index (κ3) is 3.19. The van der Waals surface area contributed by atoms with Crippen molar-refractivity contribution in [2.75, 3.05) is 18.4 Å². The van der Waals surface area contributed by atoms with Gasteiger partial charge in [0.1, 0.15) is 5.82 Å². The van der Waals surface area contributed by atoms with Crippen LogP contribution in [0.3, 0.4) is 0 Å². The van der Waals surface area contributed by atoms with Crippen molar-refractivity contribution in [3.8, 4) is 0 Å². The lowest BCUT2D eigenvalue weighted by Crippen LogP contribution is -2.29. The Bertz CT molecular complexity index is 323. The average Bonchev–Trinajstić information content (AvgIpc) is 3.09. The van der Waals surface area contributed by atoms with Gasteiger partial charge in [-0.05, 0) is 12.8 Å². The molecule has 1 heterocycles. The van der Waals surface area contributed by atoms with Crippen molar-refractivity contribution in [2.24, 2.45) is 5.92 Å². The van der Waals surface area contributed by atoms with E-state index in [1.807, 2.05) is 0 Å². The maximum Gasteiger partial charge on any atom is 0.223 e. The van der Waals surface area contributed by atoms with Gasteiger partial charge in [0, 0.05) is 31.4 Å². The van der Waals surface area contributed by atoms with Crippen molar-refractivity contribution in [1.29, 1.82) is 0 Å². The van der Waals surface area contributed by atoms with Crippen LogP contribution in [-0.4, -0.2) is 29.0 Å². The zero-order chi connectivity index (χ0) is 10.5. The van der Waals surface area contributed by atoms with Gasteiger partial charge < -0.3 is 10.6 Å².